The van der Waals surface area contributed by atoms with Gasteiger partial charge in [0.1, 0.15) is 18.7 Å². The first kappa shape index (κ1) is 18.7. The van der Waals surface area contributed by atoms with Crippen LogP contribution >= 0.6 is 0 Å². The van der Waals surface area contributed by atoms with E-state index in [0.29, 0.717) is 51.6 Å². The summed E-state index contributed by atoms with van der Waals surface area (Å²) in [6.07, 6.45) is 5.74. The highest BCUT2D eigenvalue weighted by molar-refractivity contribution is 5.95. The highest BCUT2D eigenvalue weighted by atomic mass is 16.5. The summed E-state index contributed by atoms with van der Waals surface area (Å²) in [5, 5.41) is 2.97. The summed E-state index contributed by atoms with van der Waals surface area (Å²) in [5.41, 5.74) is 0. The fourth-order valence-corrected chi connectivity index (χ4v) is 4.85. The van der Waals surface area contributed by atoms with E-state index in [2.05, 4.69) is 5.32 Å². The van der Waals surface area contributed by atoms with Gasteiger partial charge < -0.3 is 24.6 Å². The molecule has 3 aliphatic heterocycles. The van der Waals surface area contributed by atoms with E-state index >= 15 is 0 Å². The second-order valence-electron chi connectivity index (χ2n) is 8.07. The van der Waals surface area contributed by atoms with Crippen LogP contribution in [0.3, 0.4) is 0 Å². The zero-order chi connectivity index (χ0) is 18.8. The lowest BCUT2D eigenvalue weighted by Crippen LogP contribution is -2.56. The van der Waals surface area contributed by atoms with Crippen molar-refractivity contribution in [2.75, 3.05) is 39.5 Å². The van der Waals surface area contributed by atoms with E-state index in [-0.39, 0.29) is 30.4 Å². The van der Waals surface area contributed by atoms with Crippen molar-refractivity contribution < 1.29 is 23.9 Å². The highest BCUT2D eigenvalue weighted by Gasteiger charge is 2.48. The SMILES string of the molecule is O=C1COC2CCN(C(=O)C(CC3CCCC3)NC(=O)N3CCOCC3)C12. The second-order valence-corrected chi connectivity index (χ2v) is 8.07. The number of hydrogen-bond acceptors (Lipinski definition) is 5. The summed E-state index contributed by atoms with van der Waals surface area (Å²) in [4.78, 5) is 41.5. The maximum Gasteiger partial charge on any atom is 0.318 e. The van der Waals surface area contributed by atoms with Gasteiger partial charge in [-0.25, -0.2) is 4.79 Å². The van der Waals surface area contributed by atoms with Crippen LogP contribution in [0.5, 0.6) is 0 Å². The van der Waals surface area contributed by atoms with Crippen molar-refractivity contribution in [3.05, 3.63) is 0 Å². The molecule has 1 aliphatic carbocycles. The molecule has 0 aromatic carbocycles. The average molecular weight is 379 g/mol. The van der Waals surface area contributed by atoms with Gasteiger partial charge in [-0.2, -0.15) is 0 Å². The zero-order valence-electron chi connectivity index (χ0n) is 15.7. The maximum absolute atomic E-state index is 13.3. The fourth-order valence-electron chi connectivity index (χ4n) is 4.85. The summed E-state index contributed by atoms with van der Waals surface area (Å²) in [6.45, 7) is 2.74. The molecule has 3 saturated heterocycles. The van der Waals surface area contributed by atoms with Gasteiger partial charge in [-0.3, -0.25) is 9.59 Å². The Balaban J connectivity index is 1.45. The van der Waals surface area contributed by atoms with E-state index in [0.717, 1.165) is 12.8 Å². The van der Waals surface area contributed by atoms with Crippen LogP contribution in [0, 0.1) is 5.92 Å². The number of ketones is 1. The molecule has 3 amide bonds. The molecule has 4 rings (SSSR count). The molecule has 1 N–H and O–H groups in total. The first-order chi connectivity index (χ1) is 13.1. The first-order valence-corrected chi connectivity index (χ1v) is 10.2. The normalized spacial score (nSPS) is 29.9. The number of likely N-dealkylation sites (tertiary alicyclic amines) is 1. The minimum absolute atomic E-state index is 0.0232. The summed E-state index contributed by atoms with van der Waals surface area (Å²) in [6, 6.07) is -1.25. The van der Waals surface area contributed by atoms with E-state index in [1.54, 1.807) is 9.80 Å². The molecule has 3 atom stereocenters. The number of urea groups is 1. The Morgan fingerprint density at radius 3 is 2.59 bits per heavy atom. The van der Waals surface area contributed by atoms with Crippen LogP contribution in [-0.4, -0.2) is 85.2 Å². The molecule has 0 aromatic rings. The number of morpholine rings is 1. The minimum atomic E-state index is -0.574. The van der Waals surface area contributed by atoms with E-state index in [4.69, 9.17) is 9.47 Å². The number of carbonyl (C=O) groups is 3. The van der Waals surface area contributed by atoms with Crippen molar-refractivity contribution in [1.29, 1.82) is 0 Å². The van der Waals surface area contributed by atoms with Crippen LogP contribution in [0.2, 0.25) is 0 Å². The van der Waals surface area contributed by atoms with Gasteiger partial charge in [-0.05, 0) is 18.8 Å². The third-order valence-electron chi connectivity index (χ3n) is 6.33. The highest BCUT2D eigenvalue weighted by Crippen LogP contribution is 2.31. The lowest BCUT2D eigenvalue weighted by molar-refractivity contribution is -0.138. The third kappa shape index (κ3) is 3.96. The Morgan fingerprint density at radius 2 is 1.85 bits per heavy atom. The lowest BCUT2D eigenvalue weighted by Gasteiger charge is -2.32. The smallest absolute Gasteiger partial charge is 0.318 e. The Hall–Kier alpha value is -1.67. The Bertz CT molecular complexity index is 586. The molecule has 0 radical (unpaired) electrons. The van der Waals surface area contributed by atoms with Crippen LogP contribution in [0.4, 0.5) is 4.79 Å². The number of rotatable bonds is 4. The summed E-state index contributed by atoms with van der Waals surface area (Å²) >= 11 is 0. The van der Waals surface area contributed by atoms with Gasteiger partial charge in [0.25, 0.3) is 0 Å². The van der Waals surface area contributed by atoms with Crippen molar-refractivity contribution in [2.24, 2.45) is 5.92 Å². The van der Waals surface area contributed by atoms with Gasteiger partial charge in [0, 0.05) is 19.6 Å². The van der Waals surface area contributed by atoms with Crippen LogP contribution < -0.4 is 5.32 Å². The molecule has 27 heavy (non-hydrogen) atoms. The van der Waals surface area contributed by atoms with Gasteiger partial charge in [-0.15, -0.1) is 0 Å². The quantitative estimate of drug-likeness (QED) is 0.771. The van der Waals surface area contributed by atoms with Gasteiger partial charge in [0.15, 0.2) is 5.78 Å². The number of ether oxygens (including phenoxy) is 2. The molecule has 8 heteroatoms. The summed E-state index contributed by atoms with van der Waals surface area (Å²) in [5.74, 6) is 0.303. The summed E-state index contributed by atoms with van der Waals surface area (Å²) in [7, 11) is 0. The van der Waals surface area contributed by atoms with Crippen LogP contribution in [0.25, 0.3) is 0 Å². The van der Waals surface area contributed by atoms with Gasteiger partial charge in [-0.1, -0.05) is 25.7 Å². The molecule has 0 spiro atoms. The molecule has 3 unspecified atom stereocenters. The van der Waals surface area contributed by atoms with Crippen molar-refractivity contribution in [3.63, 3.8) is 0 Å². The van der Waals surface area contributed by atoms with Crippen molar-refractivity contribution in [2.45, 2.75) is 56.7 Å². The number of nitrogens with zero attached hydrogens (tertiary/aromatic N) is 2. The zero-order valence-corrected chi connectivity index (χ0v) is 15.7. The van der Waals surface area contributed by atoms with Crippen LogP contribution in [0.1, 0.15) is 38.5 Å². The number of Topliss-reactive ketones (excluding diaryl/α,β-unsaturated/α-hetero) is 1. The number of fused-ring (bicyclic) bond motifs is 1. The Labute approximate surface area is 159 Å². The van der Waals surface area contributed by atoms with Gasteiger partial charge in [0.05, 0.1) is 19.3 Å². The van der Waals surface area contributed by atoms with Crippen molar-refractivity contribution in [1.82, 2.24) is 15.1 Å². The van der Waals surface area contributed by atoms with E-state index in [1.807, 2.05) is 0 Å². The predicted octanol–water partition coefficient (Wildman–Crippen LogP) is 0.546. The topological polar surface area (TPSA) is 88.2 Å². The molecule has 4 aliphatic rings. The third-order valence-corrected chi connectivity index (χ3v) is 6.33. The Kier molecular flexibility index (Phi) is 5.63. The summed E-state index contributed by atoms with van der Waals surface area (Å²) < 4.78 is 10.8. The van der Waals surface area contributed by atoms with Crippen molar-refractivity contribution >= 4 is 17.7 Å². The molecule has 0 aromatic heterocycles. The number of hydrogen-bond donors (Lipinski definition) is 1. The van der Waals surface area contributed by atoms with Gasteiger partial charge in [0.2, 0.25) is 5.91 Å². The van der Waals surface area contributed by atoms with Crippen LogP contribution in [0.15, 0.2) is 0 Å². The van der Waals surface area contributed by atoms with E-state index < -0.39 is 12.1 Å². The minimum Gasteiger partial charge on any atom is -0.378 e. The lowest BCUT2D eigenvalue weighted by atomic mass is 9.97. The molecule has 150 valence electrons. The largest absolute Gasteiger partial charge is 0.378 e. The van der Waals surface area contributed by atoms with Crippen LogP contribution in [-0.2, 0) is 19.1 Å². The fraction of sp³-hybridized carbons (Fsp3) is 0.842. The molecule has 8 nitrogen and oxygen atoms in total. The Morgan fingerprint density at radius 1 is 1.11 bits per heavy atom. The molecular formula is C19H29N3O5. The monoisotopic (exact) mass is 379 g/mol. The predicted molar refractivity (Wildman–Crippen MR) is 96.2 cm³/mol. The number of carbonyl (C=O) groups excluding carboxylic acids is 3. The number of amides is 3. The molecule has 1 saturated carbocycles. The van der Waals surface area contributed by atoms with Crippen molar-refractivity contribution in [3.8, 4) is 0 Å². The van der Waals surface area contributed by atoms with E-state index in [1.165, 1.54) is 12.8 Å². The maximum atomic E-state index is 13.3. The second kappa shape index (κ2) is 8.14. The first-order valence-electron chi connectivity index (χ1n) is 10.2. The molecule has 3 heterocycles. The standard InChI is InChI=1S/C19H29N3O5/c23-15-12-27-16-5-6-22(17(15)16)18(24)14(11-13-3-1-2-4-13)20-19(25)21-7-9-26-10-8-21/h13-14,16-17H,1-12H2,(H,20,25). The molecule has 0 bridgehead atoms. The molecule has 4 fully saturated rings. The molecular weight excluding hydrogens is 350 g/mol. The van der Waals surface area contributed by atoms with E-state index in [9.17, 15) is 14.4 Å². The average Bonchev–Trinajstić information content (AvgIpc) is 3.41. The number of nitrogens with one attached hydrogen (secondary N) is 1. The van der Waals surface area contributed by atoms with Gasteiger partial charge >= 0.3 is 6.03 Å².